The summed E-state index contributed by atoms with van der Waals surface area (Å²) in [4.78, 5) is 3.82. The minimum absolute atomic E-state index is 0.510. The molecule has 0 aliphatic carbocycles. The molecule has 3 N–H and O–H groups in total. The quantitative estimate of drug-likeness (QED) is 0.792. The third kappa shape index (κ3) is 2.24. The van der Waals surface area contributed by atoms with Crippen molar-refractivity contribution in [1.29, 1.82) is 0 Å². The van der Waals surface area contributed by atoms with Gasteiger partial charge in [-0.1, -0.05) is 23.2 Å². The van der Waals surface area contributed by atoms with E-state index in [-0.39, 0.29) is 0 Å². The molecule has 0 aliphatic heterocycles. The fourth-order valence-electron chi connectivity index (χ4n) is 0.777. The van der Waals surface area contributed by atoms with Crippen LogP contribution in [-0.4, -0.2) is 18.1 Å². The summed E-state index contributed by atoms with van der Waals surface area (Å²) >= 11 is 11.6. The van der Waals surface area contributed by atoms with Crippen LogP contribution in [0.5, 0.6) is 0 Å². The van der Waals surface area contributed by atoms with Gasteiger partial charge in [-0.3, -0.25) is 4.98 Å². The Kier molecular flexibility index (Phi) is 3.59. The van der Waals surface area contributed by atoms with Crippen LogP contribution in [0.15, 0.2) is 12.4 Å². The molecule has 3 nitrogen and oxygen atoms in total. The second kappa shape index (κ2) is 4.50. The van der Waals surface area contributed by atoms with E-state index in [0.29, 0.717) is 28.8 Å². The van der Waals surface area contributed by atoms with Crippen molar-refractivity contribution < 1.29 is 0 Å². The van der Waals surface area contributed by atoms with Crippen LogP contribution in [0.2, 0.25) is 10.0 Å². The highest BCUT2D eigenvalue weighted by atomic mass is 35.5. The summed E-state index contributed by atoms with van der Waals surface area (Å²) in [7, 11) is 0. The smallest absolute Gasteiger partial charge is 0.0836 e. The number of hydrogen-bond donors (Lipinski definition) is 2. The van der Waals surface area contributed by atoms with Crippen molar-refractivity contribution >= 4 is 28.9 Å². The summed E-state index contributed by atoms with van der Waals surface area (Å²) < 4.78 is 0. The molecule has 0 aromatic carbocycles. The van der Waals surface area contributed by atoms with Crippen molar-refractivity contribution in [3.05, 3.63) is 22.4 Å². The molecule has 1 rings (SSSR count). The van der Waals surface area contributed by atoms with Crippen molar-refractivity contribution in [1.82, 2.24) is 4.98 Å². The molecule has 0 saturated heterocycles. The van der Waals surface area contributed by atoms with Gasteiger partial charge in [-0.25, -0.2) is 0 Å². The number of pyridine rings is 1. The van der Waals surface area contributed by atoms with Crippen molar-refractivity contribution in [2.75, 3.05) is 18.4 Å². The van der Waals surface area contributed by atoms with Gasteiger partial charge >= 0.3 is 0 Å². The second-order valence-corrected chi connectivity index (χ2v) is 3.01. The summed E-state index contributed by atoms with van der Waals surface area (Å²) in [6.07, 6.45) is 3.07. The molecule has 0 unspecified atom stereocenters. The number of nitrogens with one attached hydrogen (secondary N) is 1. The number of rotatable bonds is 3. The highest BCUT2D eigenvalue weighted by Crippen LogP contribution is 2.27. The van der Waals surface area contributed by atoms with Gasteiger partial charge in [0.15, 0.2) is 0 Å². The largest absolute Gasteiger partial charge is 0.381 e. The number of nitrogens with zero attached hydrogens (tertiary/aromatic N) is 1. The van der Waals surface area contributed by atoms with E-state index in [1.165, 1.54) is 12.4 Å². The number of aromatic nitrogens is 1. The molecule has 12 heavy (non-hydrogen) atoms. The molecule has 5 heteroatoms. The fraction of sp³-hybridized carbons (Fsp3) is 0.286. The van der Waals surface area contributed by atoms with Crippen molar-refractivity contribution in [3.8, 4) is 0 Å². The molecule has 0 aliphatic rings. The van der Waals surface area contributed by atoms with Crippen LogP contribution in [-0.2, 0) is 0 Å². The van der Waals surface area contributed by atoms with Crippen LogP contribution in [0, 0.1) is 0 Å². The predicted molar refractivity (Wildman–Crippen MR) is 51.8 cm³/mol. The van der Waals surface area contributed by atoms with E-state index in [1.807, 2.05) is 0 Å². The predicted octanol–water partition coefficient (Wildman–Crippen LogP) is 1.76. The fourth-order valence-corrected chi connectivity index (χ4v) is 1.28. The topological polar surface area (TPSA) is 50.9 Å². The van der Waals surface area contributed by atoms with Crippen LogP contribution in [0.25, 0.3) is 0 Å². The summed E-state index contributed by atoms with van der Waals surface area (Å²) in [5.41, 5.74) is 6.01. The normalized spacial score (nSPS) is 9.92. The van der Waals surface area contributed by atoms with Gasteiger partial charge in [0.1, 0.15) is 0 Å². The van der Waals surface area contributed by atoms with Gasteiger partial charge < -0.3 is 11.1 Å². The molecule has 1 heterocycles. The van der Waals surface area contributed by atoms with E-state index in [4.69, 9.17) is 28.9 Å². The van der Waals surface area contributed by atoms with Crippen LogP contribution in [0.1, 0.15) is 0 Å². The molecule has 1 aromatic heterocycles. The molecular formula is C7H9Cl2N3. The first-order valence-corrected chi connectivity index (χ1v) is 4.24. The molecule has 0 amide bonds. The molecule has 0 bridgehead atoms. The molecule has 66 valence electrons. The lowest BCUT2D eigenvalue weighted by Crippen LogP contribution is -2.13. The van der Waals surface area contributed by atoms with Gasteiger partial charge in [-0.15, -0.1) is 0 Å². The van der Waals surface area contributed by atoms with Gasteiger partial charge in [0.25, 0.3) is 0 Å². The Labute approximate surface area is 80.9 Å². The molecular weight excluding hydrogens is 197 g/mol. The first kappa shape index (κ1) is 9.58. The Morgan fingerprint density at radius 2 is 1.92 bits per heavy atom. The van der Waals surface area contributed by atoms with E-state index < -0.39 is 0 Å². The van der Waals surface area contributed by atoms with Gasteiger partial charge in [-0.05, 0) is 0 Å². The molecule has 0 fully saturated rings. The van der Waals surface area contributed by atoms with Gasteiger partial charge in [-0.2, -0.15) is 0 Å². The number of halogens is 2. The third-order valence-electron chi connectivity index (χ3n) is 1.30. The van der Waals surface area contributed by atoms with Gasteiger partial charge in [0, 0.05) is 25.5 Å². The van der Waals surface area contributed by atoms with Gasteiger partial charge in [0.2, 0.25) is 0 Å². The van der Waals surface area contributed by atoms with E-state index in [9.17, 15) is 0 Å². The molecule has 0 radical (unpaired) electrons. The number of anilines is 1. The molecule has 0 atom stereocenters. The number of hydrogen-bond acceptors (Lipinski definition) is 3. The zero-order valence-electron chi connectivity index (χ0n) is 6.35. The Hall–Kier alpha value is -0.510. The van der Waals surface area contributed by atoms with Crippen LogP contribution >= 0.6 is 23.2 Å². The average Bonchev–Trinajstić information content (AvgIpc) is 2.04. The Morgan fingerprint density at radius 3 is 2.42 bits per heavy atom. The monoisotopic (exact) mass is 205 g/mol. The number of nitrogens with two attached hydrogens (primary N) is 1. The zero-order valence-corrected chi connectivity index (χ0v) is 7.86. The SMILES string of the molecule is NCCNc1c(Cl)cncc1Cl. The highest BCUT2D eigenvalue weighted by molar-refractivity contribution is 6.38. The van der Waals surface area contributed by atoms with Crippen LogP contribution < -0.4 is 11.1 Å². The lowest BCUT2D eigenvalue weighted by Gasteiger charge is -2.07. The maximum atomic E-state index is 5.81. The van der Waals surface area contributed by atoms with Crippen LogP contribution in [0.3, 0.4) is 0 Å². The van der Waals surface area contributed by atoms with Gasteiger partial charge in [0.05, 0.1) is 15.7 Å². The van der Waals surface area contributed by atoms with Crippen molar-refractivity contribution in [3.63, 3.8) is 0 Å². The van der Waals surface area contributed by atoms with E-state index >= 15 is 0 Å². The Morgan fingerprint density at radius 1 is 1.33 bits per heavy atom. The summed E-state index contributed by atoms with van der Waals surface area (Å²) in [5.74, 6) is 0. The molecule has 0 spiro atoms. The molecule has 1 aromatic rings. The summed E-state index contributed by atoms with van der Waals surface area (Å²) in [6.45, 7) is 1.18. The first-order valence-electron chi connectivity index (χ1n) is 3.48. The lowest BCUT2D eigenvalue weighted by molar-refractivity contribution is 1.02. The standard InChI is InChI=1S/C7H9Cl2N3/c8-5-3-11-4-6(9)7(5)12-2-1-10/h3-4H,1-2,10H2,(H,11,12). The van der Waals surface area contributed by atoms with E-state index in [0.717, 1.165) is 0 Å². The first-order chi connectivity index (χ1) is 5.75. The summed E-state index contributed by atoms with van der Waals surface area (Å²) in [5, 5.41) is 4.02. The second-order valence-electron chi connectivity index (χ2n) is 2.19. The zero-order chi connectivity index (χ0) is 8.97. The minimum atomic E-state index is 0.510. The molecule has 0 saturated carbocycles. The maximum Gasteiger partial charge on any atom is 0.0836 e. The van der Waals surface area contributed by atoms with E-state index in [2.05, 4.69) is 10.3 Å². The Bertz CT molecular complexity index is 245. The minimum Gasteiger partial charge on any atom is -0.381 e. The Balaban J connectivity index is 2.81. The average molecular weight is 206 g/mol. The maximum absolute atomic E-state index is 5.81. The lowest BCUT2D eigenvalue weighted by atomic mass is 10.4. The highest BCUT2D eigenvalue weighted by Gasteiger charge is 2.03. The van der Waals surface area contributed by atoms with Crippen molar-refractivity contribution in [2.45, 2.75) is 0 Å². The third-order valence-corrected chi connectivity index (χ3v) is 1.87. The van der Waals surface area contributed by atoms with Crippen LogP contribution in [0.4, 0.5) is 5.69 Å². The summed E-state index contributed by atoms with van der Waals surface area (Å²) in [6, 6.07) is 0. The van der Waals surface area contributed by atoms with Crippen molar-refractivity contribution in [2.24, 2.45) is 5.73 Å². The van der Waals surface area contributed by atoms with E-state index in [1.54, 1.807) is 0 Å².